The second-order valence-corrected chi connectivity index (χ2v) is 3.83. The van der Waals surface area contributed by atoms with Crippen molar-refractivity contribution in [3.63, 3.8) is 0 Å². The van der Waals surface area contributed by atoms with Gasteiger partial charge in [0.2, 0.25) is 0 Å². The van der Waals surface area contributed by atoms with Crippen molar-refractivity contribution >= 4 is 10.1 Å². The van der Waals surface area contributed by atoms with Gasteiger partial charge in [0.25, 0.3) is 0 Å². The molecule has 0 atom stereocenters. The fourth-order valence-corrected chi connectivity index (χ4v) is 0.970. The molecule has 11 heavy (non-hydrogen) atoms. The Bertz CT molecular complexity index is 201. The first kappa shape index (κ1) is 14.4. The Morgan fingerprint density at radius 1 is 1.45 bits per heavy atom. The Morgan fingerprint density at radius 3 is 1.91 bits per heavy atom. The van der Waals surface area contributed by atoms with Gasteiger partial charge in [-0.3, -0.25) is 0 Å². The van der Waals surface area contributed by atoms with Crippen molar-refractivity contribution in [1.29, 1.82) is 0 Å². The molecule has 0 heterocycles. The van der Waals surface area contributed by atoms with Crippen LogP contribution in [0.4, 0.5) is 0 Å². The molecule has 0 saturated heterocycles. The quantitative estimate of drug-likeness (QED) is 0.267. The van der Waals surface area contributed by atoms with E-state index in [1.165, 1.54) is 0 Å². The van der Waals surface area contributed by atoms with Gasteiger partial charge in [-0.2, -0.15) is 0 Å². The summed E-state index contributed by atoms with van der Waals surface area (Å²) in [5, 5.41) is 0. The minimum Gasteiger partial charge on any atom is -0.745 e. The summed E-state index contributed by atoms with van der Waals surface area (Å²) >= 11 is 0. The molecule has 0 saturated carbocycles. The smallest absolute Gasteiger partial charge is 0.745 e. The molecule has 7 heteroatoms. The molecule has 0 radical (unpaired) electrons. The van der Waals surface area contributed by atoms with Gasteiger partial charge in [-0.15, -0.1) is 0 Å². The summed E-state index contributed by atoms with van der Waals surface area (Å²) in [6.45, 7) is 1.69. The van der Waals surface area contributed by atoms with E-state index in [2.05, 4.69) is 0 Å². The fraction of sp³-hybridized carbons (Fsp3) is 1.00. The van der Waals surface area contributed by atoms with E-state index in [0.29, 0.717) is 6.42 Å². The first-order valence-corrected chi connectivity index (χ1v) is 4.25. The van der Waals surface area contributed by atoms with Crippen molar-refractivity contribution in [3.05, 3.63) is 0 Å². The van der Waals surface area contributed by atoms with Crippen LogP contribution in [0.5, 0.6) is 0 Å². The predicted molar refractivity (Wildman–Crippen MR) is 35.7 cm³/mol. The molecule has 0 aromatic heterocycles. The molecule has 0 fully saturated rings. The first-order chi connectivity index (χ1) is 4.31. The van der Waals surface area contributed by atoms with Crippen LogP contribution < -0.4 is 41.0 Å². The monoisotopic (exact) mass is 190 g/mol. The van der Waals surface area contributed by atoms with Crippen molar-refractivity contribution in [2.24, 2.45) is 11.5 Å². The Morgan fingerprint density at radius 2 is 1.82 bits per heavy atom. The van der Waals surface area contributed by atoms with Crippen LogP contribution in [-0.2, 0) is 10.1 Å². The van der Waals surface area contributed by atoms with Gasteiger partial charge in [0.15, 0.2) is 4.99 Å². The molecule has 0 rings (SSSR count). The zero-order valence-corrected chi connectivity index (χ0v) is 9.52. The van der Waals surface area contributed by atoms with E-state index in [1.807, 2.05) is 0 Å². The molecule has 0 spiro atoms. The standard InChI is InChI=1S/C4H12N2O3S.Na/c1-2-3-4(5,6)10(7,8)9;/h2-3,5-6H2,1H3,(H,7,8,9);/q;+1/p-1. The van der Waals surface area contributed by atoms with Crippen molar-refractivity contribution in [2.45, 2.75) is 24.8 Å². The van der Waals surface area contributed by atoms with Gasteiger partial charge >= 0.3 is 29.6 Å². The molecular formula is C4H11N2NaO3S. The Balaban J connectivity index is 0. The average molecular weight is 190 g/mol. The number of nitrogens with two attached hydrogens (primary N) is 2. The number of hydrogen-bond acceptors (Lipinski definition) is 5. The minimum absolute atomic E-state index is 0. The SMILES string of the molecule is CCCC(N)(N)S(=O)(=O)[O-].[Na+]. The van der Waals surface area contributed by atoms with Gasteiger partial charge < -0.3 is 16.0 Å². The van der Waals surface area contributed by atoms with E-state index in [-0.39, 0.29) is 36.0 Å². The molecule has 0 aliphatic carbocycles. The van der Waals surface area contributed by atoms with E-state index in [9.17, 15) is 13.0 Å². The molecule has 0 aliphatic heterocycles. The van der Waals surface area contributed by atoms with Crippen LogP contribution >= 0.6 is 0 Å². The summed E-state index contributed by atoms with van der Waals surface area (Å²) in [6, 6.07) is 0. The van der Waals surface area contributed by atoms with E-state index in [1.54, 1.807) is 6.92 Å². The molecule has 0 aromatic carbocycles. The maximum Gasteiger partial charge on any atom is 1.00 e. The van der Waals surface area contributed by atoms with Crippen molar-refractivity contribution in [2.75, 3.05) is 0 Å². The van der Waals surface area contributed by atoms with Crippen LogP contribution in [0.3, 0.4) is 0 Å². The van der Waals surface area contributed by atoms with Crippen LogP contribution in [0.2, 0.25) is 0 Å². The van der Waals surface area contributed by atoms with Crippen LogP contribution in [0.15, 0.2) is 0 Å². The molecule has 0 unspecified atom stereocenters. The summed E-state index contributed by atoms with van der Waals surface area (Å²) in [5.41, 5.74) is 9.96. The van der Waals surface area contributed by atoms with E-state index >= 15 is 0 Å². The average Bonchev–Trinajstić information content (AvgIpc) is 1.61. The third-order valence-electron chi connectivity index (χ3n) is 1.11. The Labute approximate surface area is 88.6 Å². The van der Waals surface area contributed by atoms with Crippen LogP contribution in [0.25, 0.3) is 0 Å². The van der Waals surface area contributed by atoms with Crippen LogP contribution in [0.1, 0.15) is 19.8 Å². The summed E-state index contributed by atoms with van der Waals surface area (Å²) < 4.78 is 30.7. The number of rotatable bonds is 3. The van der Waals surface area contributed by atoms with E-state index in [4.69, 9.17) is 11.5 Å². The largest absolute Gasteiger partial charge is 1.00 e. The van der Waals surface area contributed by atoms with Crippen molar-refractivity contribution < 1.29 is 42.5 Å². The third-order valence-corrected chi connectivity index (χ3v) is 2.24. The van der Waals surface area contributed by atoms with E-state index in [0.717, 1.165) is 0 Å². The van der Waals surface area contributed by atoms with E-state index < -0.39 is 15.1 Å². The van der Waals surface area contributed by atoms with Gasteiger partial charge in [0.1, 0.15) is 10.1 Å². The molecule has 0 aromatic rings. The molecular weight excluding hydrogens is 179 g/mol. The Hall–Kier alpha value is 0.830. The van der Waals surface area contributed by atoms with Crippen LogP contribution in [0, 0.1) is 0 Å². The maximum atomic E-state index is 10.2. The summed E-state index contributed by atoms with van der Waals surface area (Å²) in [5.74, 6) is 0. The minimum atomic E-state index is -4.56. The molecule has 5 nitrogen and oxygen atoms in total. The van der Waals surface area contributed by atoms with Gasteiger partial charge in [0.05, 0.1) is 0 Å². The summed E-state index contributed by atoms with van der Waals surface area (Å²) in [6.07, 6.45) is 0.452. The summed E-state index contributed by atoms with van der Waals surface area (Å²) in [7, 11) is -4.56. The van der Waals surface area contributed by atoms with Crippen molar-refractivity contribution in [1.82, 2.24) is 0 Å². The third kappa shape index (κ3) is 4.41. The van der Waals surface area contributed by atoms with Gasteiger partial charge in [-0.05, 0) is 6.42 Å². The zero-order chi connectivity index (χ0) is 8.41. The maximum absolute atomic E-state index is 10.2. The summed E-state index contributed by atoms with van der Waals surface area (Å²) in [4.78, 5) is -2.10. The van der Waals surface area contributed by atoms with Gasteiger partial charge in [-0.25, -0.2) is 8.42 Å². The van der Waals surface area contributed by atoms with Crippen molar-refractivity contribution in [3.8, 4) is 0 Å². The topological polar surface area (TPSA) is 109 Å². The second kappa shape index (κ2) is 4.76. The molecule has 4 N–H and O–H groups in total. The second-order valence-electron chi connectivity index (χ2n) is 2.16. The van der Waals surface area contributed by atoms with Crippen LogP contribution in [-0.4, -0.2) is 18.0 Å². The molecule has 62 valence electrons. The van der Waals surface area contributed by atoms with Gasteiger partial charge in [-0.1, -0.05) is 13.3 Å². The molecule has 0 bridgehead atoms. The first-order valence-electron chi connectivity index (χ1n) is 2.84. The fourth-order valence-electron chi connectivity index (χ4n) is 0.516. The zero-order valence-electron chi connectivity index (χ0n) is 6.70. The van der Waals surface area contributed by atoms with Gasteiger partial charge in [0, 0.05) is 0 Å². The molecule has 0 amide bonds. The Kier molecular flexibility index (Phi) is 6.21. The normalized spacial score (nSPS) is 12.4. The molecule has 0 aliphatic rings. The predicted octanol–water partition coefficient (Wildman–Crippen LogP) is -4.09. The number of hydrogen-bond donors (Lipinski definition) is 2.